The fourth-order valence-electron chi connectivity index (χ4n) is 1.51. The number of rotatable bonds is 5. The van der Waals surface area contributed by atoms with Gasteiger partial charge in [0.1, 0.15) is 0 Å². The molecule has 4 heteroatoms. The molecule has 2 atom stereocenters. The fourth-order valence-corrected chi connectivity index (χ4v) is 1.51. The summed E-state index contributed by atoms with van der Waals surface area (Å²) in [5.74, 6) is -1.89. The first kappa shape index (κ1) is 13.1. The molecule has 0 aliphatic rings. The first-order valence-corrected chi connectivity index (χ1v) is 5.16. The van der Waals surface area contributed by atoms with Crippen molar-refractivity contribution in [2.75, 3.05) is 13.7 Å². The molecule has 0 amide bonds. The van der Waals surface area contributed by atoms with Crippen LogP contribution in [0.3, 0.4) is 0 Å². The number of hydrogen-bond acceptors (Lipinski definition) is 2. The molecule has 0 aromatic heterocycles. The molecule has 0 radical (unpaired) electrons. The Kier molecular flexibility index (Phi) is 4.83. The maximum absolute atomic E-state index is 13.3. The Morgan fingerprint density at radius 1 is 1.38 bits per heavy atom. The van der Waals surface area contributed by atoms with Crippen LogP contribution in [0.4, 0.5) is 8.78 Å². The predicted molar refractivity (Wildman–Crippen MR) is 57.1 cm³/mol. The van der Waals surface area contributed by atoms with Gasteiger partial charge in [-0.1, -0.05) is 19.1 Å². The van der Waals surface area contributed by atoms with Crippen LogP contribution in [0.25, 0.3) is 0 Å². The van der Waals surface area contributed by atoms with Crippen molar-refractivity contribution >= 4 is 0 Å². The standard InChI is InChI=1S/C12H16F2O2/c1-8(7-16-2)11(15)6-9-4-3-5-10(13)12(9)14/h3-5,8,11,15H,6-7H2,1-2H3. The highest BCUT2D eigenvalue weighted by Crippen LogP contribution is 2.16. The van der Waals surface area contributed by atoms with Crippen LogP contribution in [0.15, 0.2) is 18.2 Å². The summed E-state index contributed by atoms with van der Waals surface area (Å²) < 4.78 is 31.1. The van der Waals surface area contributed by atoms with E-state index < -0.39 is 17.7 Å². The maximum atomic E-state index is 13.3. The number of aliphatic hydroxyl groups is 1. The molecular weight excluding hydrogens is 214 g/mol. The van der Waals surface area contributed by atoms with Crippen LogP contribution in [0.5, 0.6) is 0 Å². The lowest BCUT2D eigenvalue weighted by molar-refractivity contribution is 0.0569. The Balaban J connectivity index is 2.69. The van der Waals surface area contributed by atoms with E-state index in [2.05, 4.69) is 0 Å². The van der Waals surface area contributed by atoms with E-state index in [4.69, 9.17) is 4.74 Å². The van der Waals surface area contributed by atoms with Gasteiger partial charge in [0.15, 0.2) is 11.6 Å². The number of halogens is 2. The van der Waals surface area contributed by atoms with E-state index in [1.165, 1.54) is 19.2 Å². The molecular formula is C12H16F2O2. The topological polar surface area (TPSA) is 29.5 Å². The molecule has 2 unspecified atom stereocenters. The van der Waals surface area contributed by atoms with E-state index in [1.54, 1.807) is 6.92 Å². The fraction of sp³-hybridized carbons (Fsp3) is 0.500. The molecule has 0 spiro atoms. The highest BCUT2D eigenvalue weighted by molar-refractivity contribution is 5.19. The van der Waals surface area contributed by atoms with E-state index in [9.17, 15) is 13.9 Å². The summed E-state index contributed by atoms with van der Waals surface area (Å²) >= 11 is 0. The van der Waals surface area contributed by atoms with Gasteiger partial charge in [-0.15, -0.1) is 0 Å². The minimum atomic E-state index is -0.885. The van der Waals surface area contributed by atoms with Crippen molar-refractivity contribution < 1.29 is 18.6 Å². The van der Waals surface area contributed by atoms with Gasteiger partial charge in [-0.05, 0) is 11.6 Å². The van der Waals surface area contributed by atoms with Gasteiger partial charge >= 0.3 is 0 Å². The molecule has 0 heterocycles. The van der Waals surface area contributed by atoms with E-state index in [1.807, 2.05) is 0 Å². The van der Waals surface area contributed by atoms with Crippen molar-refractivity contribution in [2.45, 2.75) is 19.4 Å². The lowest BCUT2D eigenvalue weighted by Crippen LogP contribution is -2.24. The van der Waals surface area contributed by atoms with Crippen LogP contribution in [-0.4, -0.2) is 24.9 Å². The molecule has 2 nitrogen and oxygen atoms in total. The van der Waals surface area contributed by atoms with Gasteiger partial charge in [0.05, 0.1) is 12.7 Å². The van der Waals surface area contributed by atoms with Crippen molar-refractivity contribution in [3.05, 3.63) is 35.4 Å². The lowest BCUT2D eigenvalue weighted by atomic mass is 9.98. The normalized spacial score (nSPS) is 14.8. The Bertz CT molecular complexity index is 342. The molecule has 1 rings (SSSR count). The second kappa shape index (κ2) is 5.92. The number of methoxy groups -OCH3 is 1. The summed E-state index contributed by atoms with van der Waals surface area (Å²) in [6, 6.07) is 3.96. The number of aliphatic hydroxyl groups excluding tert-OH is 1. The van der Waals surface area contributed by atoms with Crippen molar-refractivity contribution in [1.29, 1.82) is 0 Å². The minimum absolute atomic E-state index is 0.0914. The van der Waals surface area contributed by atoms with E-state index in [0.29, 0.717) is 6.61 Å². The molecule has 0 fully saturated rings. The zero-order valence-corrected chi connectivity index (χ0v) is 9.41. The third kappa shape index (κ3) is 3.25. The summed E-state index contributed by atoms with van der Waals surface area (Å²) in [5, 5.41) is 9.75. The summed E-state index contributed by atoms with van der Waals surface area (Å²) in [4.78, 5) is 0. The van der Waals surface area contributed by atoms with Crippen molar-refractivity contribution in [1.82, 2.24) is 0 Å². The largest absolute Gasteiger partial charge is 0.392 e. The molecule has 0 saturated carbocycles. The lowest BCUT2D eigenvalue weighted by Gasteiger charge is -2.18. The third-order valence-electron chi connectivity index (χ3n) is 2.55. The zero-order chi connectivity index (χ0) is 12.1. The molecule has 1 aromatic carbocycles. The van der Waals surface area contributed by atoms with Crippen LogP contribution in [0.1, 0.15) is 12.5 Å². The van der Waals surface area contributed by atoms with Crippen LogP contribution in [-0.2, 0) is 11.2 Å². The number of benzene rings is 1. The second-order valence-corrected chi connectivity index (χ2v) is 3.92. The molecule has 1 aromatic rings. The molecule has 0 saturated heterocycles. The van der Waals surface area contributed by atoms with E-state index in [-0.39, 0.29) is 17.9 Å². The summed E-state index contributed by atoms with van der Waals surface area (Å²) in [7, 11) is 1.53. The van der Waals surface area contributed by atoms with E-state index >= 15 is 0 Å². The second-order valence-electron chi connectivity index (χ2n) is 3.92. The average Bonchev–Trinajstić information content (AvgIpc) is 2.25. The van der Waals surface area contributed by atoms with Crippen LogP contribution < -0.4 is 0 Å². The molecule has 1 N–H and O–H groups in total. The Morgan fingerprint density at radius 3 is 2.69 bits per heavy atom. The minimum Gasteiger partial charge on any atom is -0.392 e. The van der Waals surface area contributed by atoms with Crippen LogP contribution in [0.2, 0.25) is 0 Å². The quantitative estimate of drug-likeness (QED) is 0.839. The van der Waals surface area contributed by atoms with Crippen molar-refractivity contribution in [3.63, 3.8) is 0 Å². The first-order valence-electron chi connectivity index (χ1n) is 5.16. The molecule has 0 bridgehead atoms. The Morgan fingerprint density at radius 2 is 2.06 bits per heavy atom. The first-order chi connectivity index (χ1) is 7.56. The average molecular weight is 230 g/mol. The van der Waals surface area contributed by atoms with Crippen LogP contribution >= 0.6 is 0 Å². The van der Waals surface area contributed by atoms with Gasteiger partial charge in [-0.2, -0.15) is 0 Å². The molecule has 16 heavy (non-hydrogen) atoms. The van der Waals surface area contributed by atoms with Crippen LogP contribution in [0, 0.1) is 17.6 Å². The molecule has 0 aliphatic carbocycles. The summed E-state index contributed by atoms with van der Waals surface area (Å²) in [6.45, 7) is 2.18. The van der Waals surface area contributed by atoms with Crippen molar-refractivity contribution in [3.8, 4) is 0 Å². The number of hydrogen-bond donors (Lipinski definition) is 1. The highest BCUT2D eigenvalue weighted by atomic mass is 19.2. The smallest absolute Gasteiger partial charge is 0.162 e. The van der Waals surface area contributed by atoms with Gasteiger partial charge in [0, 0.05) is 19.4 Å². The maximum Gasteiger partial charge on any atom is 0.162 e. The monoisotopic (exact) mass is 230 g/mol. The predicted octanol–water partition coefficient (Wildman–Crippen LogP) is 2.15. The molecule has 90 valence electrons. The van der Waals surface area contributed by atoms with Gasteiger partial charge in [0.25, 0.3) is 0 Å². The van der Waals surface area contributed by atoms with Gasteiger partial charge in [-0.3, -0.25) is 0 Å². The van der Waals surface area contributed by atoms with Crippen molar-refractivity contribution in [2.24, 2.45) is 5.92 Å². The highest BCUT2D eigenvalue weighted by Gasteiger charge is 2.17. The number of ether oxygens (including phenoxy) is 1. The summed E-state index contributed by atoms with van der Waals surface area (Å²) in [5.41, 5.74) is 0.190. The van der Waals surface area contributed by atoms with E-state index in [0.717, 1.165) is 6.07 Å². The third-order valence-corrected chi connectivity index (χ3v) is 2.55. The van der Waals surface area contributed by atoms with Gasteiger partial charge in [0.2, 0.25) is 0 Å². The SMILES string of the molecule is COCC(C)C(O)Cc1cccc(F)c1F. The zero-order valence-electron chi connectivity index (χ0n) is 9.41. The Hall–Kier alpha value is -1.00. The molecule has 0 aliphatic heterocycles. The van der Waals surface area contributed by atoms with Gasteiger partial charge < -0.3 is 9.84 Å². The van der Waals surface area contributed by atoms with Gasteiger partial charge in [-0.25, -0.2) is 8.78 Å². The summed E-state index contributed by atoms with van der Waals surface area (Å²) in [6.07, 6.45) is -0.648. The Labute approximate surface area is 93.9 Å².